The van der Waals surface area contributed by atoms with E-state index in [2.05, 4.69) is 41.4 Å². The lowest BCUT2D eigenvalue weighted by molar-refractivity contribution is 0.834. The maximum absolute atomic E-state index is 13.1. The molecule has 6 nitrogen and oxygen atoms in total. The van der Waals surface area contributed by atoms with Gasteiger partial charge in [-0.3, -0.25) is 4.57 Å². The second-order valence-corrected chi connectivity index (χ2v) is 9.84. The zero-order valence-corrected chi connectivity index (χ0v) is 22.3. The van der Waals surface area contributed by atoms with Crippen molar-refractivity contribution in [1.82, 2.24) is 24.1 Å². The predicted octanol–water partition coefficient (Wildman–Crippen LogP) is 7.18. The molecule has 7 rings (SSSR count). The molecule has 41 heavy (non-hydrogen) atoms. The van der Waals surface area contributed by atoms with Crippen LogP contribution in [0, 0.1) is 0 Å². The first-order valence-corrected chi connectivity index (χ1v) is 13.4. The number of nitrogens with zero attached hydrogens (tertiary/aromatic N) is 5. The fraction of sp³-hybridized carbons (Fsp3) is 0.0286. The first kappa shape index (κ1) is 24.4. The van der Waals surface area contributed by atoms with Gasteiger partial charge in [-0.15, -0.1) is 0 Å². The third-order valence-electron chi connectivity index (χ3n) is 7.28. The van der Waals surface area contributed by atoms with E-state index in [9.17, 15) is 4.79 Å². The molecule has 0 aliphatic heterocycles. The molecule has 0 atom stereocenters. The van der Waals surface area contributed by atoms with E-state index in [1.54, 1.807) is 22.4 Å². The minimum Gasteiger partial charge on any atom is -0.295 e. The van der Waals surface area contributed by atoms with Crippen LogP contribution in [0.15, 0.2) is 138 Å². The number of aryl methyl sites for hydroxylation is 1. The van der Waals surface area contributed by atoms with Crippen LogP contribution < -0.4 is 5.69 Å². The second-order valence-electron chi connectivity index (χ2n) is 9.84. The van der Waals surface area contributed by atoms with Crippen LogP contribution in [0.5, 0.6) is 0 Å². The summed E-state index contributed by atoms with van der Waals surface area (Å²) in [5, 5.41) is 0. The average molecular weight is 532 g/mol. The van der Waals surface area contributed by atoms with Gasteiger partial charge in [-0.2, -0.15) is 0 Å². The highest BCUT2D eigenvalue weighted by Gasteiger charge is 2.15. The van der Waals surface area contributed by atoms with E-state index < -0.39 is 0 Å². The van der Waals surface area contributed by atoms with Crippen molar-refractivity contribution < 1.29 is 0 Å². The Labute approximate surface area is 236 Å². The smallest absolute Gasteiger partial charge is 0.295 e. The molecule has 0 amide bonds. The number of hydrogen-bond donors (Lipinski definition) is 0. The minimum atomic E-state index is -0.126. The summed E-state index contributed by atoms with van der Waals surface area (Å²) in [7, 11) is 1.79. The molecular formula is C35H25N5O. The molecule has 196 valence electrons. The number of benzene rings is 4. The van der Waals surface area contributed by atoms with E-state index in [-0.39, 0.29) is 5.69 Å². The van der Waals surface area contributed by atoms with Gasteiger partial charge in [-0.1, -0.05) is 97.1 Å². The quantitative estimate of drug-likeness (QED) is 0.236. The summed E-state index contributed by atoms with van der Waals surface area (Å²) in [6.07, 6.45) is 1.70. The molecule has 0 unspecified atom stereocenters. The molecule has 0 fully saturated rings. The van der Waals surface area contributed by atoms with Crippen molar-refractivity contribution >= 4 is 11.0 Å². The van der Waals surface area contributed by atoms with E-state index in [0.29, 0.717) is 11.6 Å². The van der Waals surface area contributed by atoms with E-state index in [1.807, 2.05) is 91.0 Å². The lowest BCUT2D eigenvalue weighted by atomic mass is 10.0. The number of fused-ring (bicyclic) bond motifs is 1. The molecular weight excluding hydrogens is 506 g/mol. The summed E-state index contributed by atoms with van der Waals surface area (Å²) in [5.74, 6) is 1.29. The fourth-order valence-electron chi connectivity index (χ4n) is 5.13. The Bertz CT molecular complexity index is 1990. The maximum atomic E-state index is 13.1. The van der Waals surface area contributed by atoms with Crippen LogP contribution in [-0.2, 0) is 7.05 Å². The molecule has 7 aromatic rings. The Morgan fingerprint density at radius 3 is 1.78 bits per heavy atom. The van der Waals surface area contributed by atoms with Crippen molar-refractivity contribution in [2.24, 2.45) is 7.05 Å². The zero-order chi connectivity index (χ0) is 27.8. The summed E-state index contributed by atoms with van der Waals surface area (Å²) < 4.78 is 3.31. The van der Waals surface area contributed by atoms with E-state index in [4.69, 9.17) is 9.97 Å². The largest absolute Gasteiger partial charge is 0.334 e. The van der Waals surface area contributed by atoms with E-state index in [0.717, 1.165) is 50.2 Å². The Balaban J connectivity index is 1.30. The van der Waals surface area contributed by atoms with Gasteiger partial charge in [0.25, 0.3) is 0 Å². The molecule has 0 radical (unpaired) electrons. The average Bonchev–Trinajstić information content (AvgIpc) is 3.30. The van der Waals surface area contributed by atoms with E-state index in [1.165, 1.54) is 0 Å². The Hall–Kier alpha value is -5.62. The third kappa shape index (κ3) is 4.51. The number of pyridine rings is 1. The highest BCUT2D eigenvalue weighted by Crippen LogP contribution is 2.30. The van der Waals surface area contributed by atoms with Gasteiger partial charge >= 0.3 is 5.69 Å². The van der Waals surface area contributed by atoms with Gasteiger partial charge in [0.1, 0.15) is 5.82 Å². The number of rotatable bonds is 5. The maximum Gasteiger partial charge on any atom is 0.334 e. The lowest BCUT2D eigenvalue weighted by Gasteiger charge is -2.10. The first-order chi connectivity index (χ1) is 20.2. The van der Waals surface area contributed by atoms with Gasteiger partial charge in [0.05, 0.1) is 22.4 Å². The van der Waals surface area contributed by atoms with Gasteiger partial charge < -0.3 is 0 Å². The molecule has 0 N–H and O–H groups in total. The molecule has 4 aromatic carbocycles. The minimum absolute atomic E-state index is 0.126. The molecule has 0 bridgehead atoms. The van der Waals surface area contributed by atoms with Crippen LogP contribution in [0.3, 0.4) is 0 Å². The normalized spacial score (nSPS) is 11.1. The SMILES string of the molecule is Cn1c(=O)n(-c2ccccn2)c2cc(-c3ccc(-c4cc(-c5ccccc5)nc(-c5ccccc5)n4)cc3)ccc21. The Morgan fingerprint density at radius 1 is 0.537 bits per heavy atom. The number of imidazole rings is 1. The second kappa shape index (κ2) is 10.2. The van der Waals surface area contributed by atoms with Gasteiger partial charge in [-0.25, -0.2) is 24.3 Å². The Kier molecular flexibility index (Phi) is 6.06. The summed E-state index contributed by atoms with van der Waals surface area (Å²) in [5.41, 5.74) is 8.33. The third-order valence-corrected chi connectivity index (χ3v) is 7.28. The first-order valence-electron chi connectivity index (χ1n) is 13.4. The predicted molar refractivity (Wildman–Crippen MR) is 164 cm³/mol. The van der Waals surface area contributed by atoms with Gasteiger partial charge in [0.15, 0.2) is 5.82 Å². The summed E-state index contributed by atoms with van der Waals surface area (Å²) in [6.45, 7) is 0. The molecule has 0 aliphatic carbocycles. The van der Waals surface area contributed by atoms with Crippen LogP contribution in [-0.4, -0.2) is 24.1 Å². The molecule has 6 heteroatoms. The molecule has 3 heterocycles. The molecule has 3 aromatic heterocycles. The highest BCUT2D eigenvalue weighted by atomic mass is 16.1. The number of aromatic nitrogens is 5. The monoisotopic (exact) mass is 531 g/mol. The lowest BCUT2D eigenvalue weighted by Crippen LogP contribution is -2.21. The van der Waals surface area contributed by atoms with Gasteiger partial charge in [0, 0.05) is 29.9 Å². The topological polar surface area (TPSA) is 65.6 Å². The summed E-state index contributed by atoms with van der Waals surface area (Å²) in [6, 6.07) is 42.3. The van der Waals surface area contributed by atoms with Crippen LogP contribution in [0.2, 0.25) is 0 Å². The molecule has 0 spiro atoms. The standard InChI is InChI=1S/C35H25N5O/c1-39-31-20-19-28(22-32(31)40(35(39)41)33-14-8-9-21-36-33)24-15-17-26(18-16-24)30-23-29(25-10-4-2-5-11-25)37-34(38-30)27-12-6-3-7-13-27/h2-23H,1H3. The molecule has 0 saturated heterocycles. The van der Waals surface area contributed by atoms with E-state index >= 15 is 0 Å². The van der Waals surface area contributed by atoms with Gasteiger partial charge in [-0.05, 0) is 41.5 Å². The summed E-state index contributed by atoms with van der Waals surface area (Å²) >= 11 is 0. The highest BCUT2D eigenvalue weighted by molar-refractivity contribution is 5.84. The van der Waals surface area contributed by atoms with Crippen molar-refractivity contribution in [3.05, 3.63) is 144 Å². The van der Waals surface area contributed by atoms with Gasteiger partial charge in [0.2, 0.25) is 0 Å². The van der Waals surface area contributed by atoms with Crippen molar-refractivity contribution in [3.63, 3.8) is 0 Å². The van der Waals surface area contributed by atoms with Crippen LogP contribution in [0.4, 0.5) is 0 Å². The number of hydrogen-bond acceptors (Lipinski definition) is 4. The van der Waals surface area contributed by atoms with Crippen LogP contribution in [0.1, 0.15) is 0 Å². The molecule has 0 aliphatic rings. The van der Waals surface area contributed by atoms with Crippen LogP contribution >= 0.6 is 0 Å². The van der Waals surface area contributed by atoms with Crippen molar-refractivity contribution in [1.29, 1.82) is 0 Å². The zero-order valence-electron chi connectivity index (χ0n) is 22.3. The Morgan fingerprint density at radius 2 is 1.12 bits per heavy atom. The van der Waals surface area contributed by atoms with Crippen molar-refractivity contribution in [3.8, 4) is 50.8 Å². The van der Waals surface area contributed by atoms with Crippen molar-refractivity contribution in [2.75, 3.05) is 0 Å². The summed E-state index contributed by atoms with van der Waals surface area (Å²) in [4.78, 5) is 27.3. The van der Waals surface area contributed by atoms with Crippen molar-refractivity contribution in [2.45, 2.75) is 0 Å². The fourth-order valence-corrected chi connectivity index (χ4v) is 5.13. The van der Waals surface area contributed by atoms with Crippen LogP contribution in [0.25, 0.3) is 61.9 Å². The molecule has 0 saturated carbocycles.